The van der Waals surface area contributed by atoms with E-state index in [9.17, 15) is 0 Å². The summed E-state index contributed by atoms with van der Waals surface area (Å²) in [6.45, 7) is 11.6. The summed E-state index contributed by atoms with van der Waals surface area (Å²) in [5.74, 6) is 1.96. The molecule has 1 aromatic heterocycles. The second-order valence-electron chi connectivity index (χ2n) is 3.17. The Morgan fingerprint density at radius 2 is 1.92 bits per heavy atom. The molecule has 1 heteroatoms. The molecule has 13 heavy (non-hydrogen) atoms. The second-order valence-corrected chi connectivity index (χ2v) is 3.17. The van der Waals surface area contributed by atoms with Crippen LogP contribution in [0.4, 0.5) is 0 Å². The molecule has 1 aromatic rings. The average molecular weight is 176 g/mol. The zero-order chi connectivity index (χ0) is 9.84. The van der Waals surface area contributed by atoms with Gasteiger partial charge in [-0.05, 0) is 37.5 Å². The third kappa shape index (κ3) is 1.92. The minimum Gasteiger partial charge on any atom is -0.461 e. The van der Waals surface area contributed by atoms with Gasteiger partial charge in [0.1, 0.15) is 11.5 Å². The van der Waals surface area contributed by atoms with Crippen LogP contribution in [0.15, 0.2) is 23.7 Å². The Labute approximate surface area is 79.8 Å². The van der Waals surface area contributed by atoms with E-state index in [2.05, 4.69) is 27.0 Å². The molecular formula is C12H16O. The monoisotopic (exact) mass is 176 g/mol. The summed E-state index contributed by atoms with van der Waals surface area (Å²) >= 11 is 0. The molecule has 0 saturated carbocycles. The lowest BCUT2D eigenvalue weighted by Gasteiger charge is -1.93. The molecular weight excluding hydrogens is 160 g/mol. The summed E-state index contributed by atoms with van der Waals surface area (Å²) in [5.41, 5.74) is 2.45. The number of aryl methyl sites for hydroxylation is 1. The van der Waals surface area contributed by atoms with Crippen molar-refractivity contribution in [3.63, 3.8) is 0 Å². The highest BCUT2D eigenvalue weighted by atomic mass is 16.3. The molecule has 0 aliphatic heterocycles. The van der Waals surface area contributed by atoms with Crippen LogP contribution in [0.1, 0.15) is 29.1 Å². The first-order valence-electron chi connectivity index (χ1n) is 4.53. The Hall–Kier alpha value is -1.24. The van der Waals surface area contributed by atoms with Gasteiger partial charge in [0.05, 0.1) is 0 Å². The molecule has 0 atom stereocenters. The van der Waals surface area contributed by atoms with Crippen LogP contribution in [0.5, 0.6) is 0 Å². The average Bonchev–Trinajstić information content (AvgIpc) is 2.41. The maximum Gasteiger partial charge on any atom is 0.129 e. The van der Waals surface area contributed by atoms with Crippen LogP contribution >= 0.6 is 0 Å². The topological polar surface area (TPSA) is 13.1 Å². The fourth-order valence-corrected chi connectivity index (χ4v) is 1.35. The summed E-state index contributed by atoms with van der Waals surface area (Å²) < 4.78 is 5.63. The predicted octanol–water partition coefficient (Wildman–Crippen LogP) is 3.66. The normalized spacial score (nSPS) is 10.0. The number of rotatable bonds is 4. The van der Waals surface area contributed by atoms with Crippen LogP contribution < -0.4 is 0 Å². The molecule has 0 fully saturated rings. The Morgan fingerprint density at radius 1 is 1.23 bits per heavy atom. The van der Waals surface area contributed by atoms with Gasteiger partial charge in [-0.2, -0.15) is 0 Å². The highest BCUT2D eigenvalue weighted by molar-refractivity contribution is 5.49. The molecule has 0 aliphatic rings. The van der Waals surface area contributed by atoms with E-state index in [-0.39, 0.29) is 0 Å². The van der Waals surface area contributed by atoms with Crippen molar-refractivity contribution in [3.05, 3.63) is 41.9 Å². The van der Waals surface area contributed by atoms with E-state index in [0.717, 1.165) is 24.4 Å². The van der Waals surface area contributed by atoms with Gasteiger partial charge in [0.25, 0.3) is 0 Å². The van der Waals surface area contributed by atoms with Gasteiger partial charge in [-0.15, -0.1) is 6.58 Å². The zero-order valence-electron chi connectivity index (χ0n) is 8.39. The fraction of sp³-hybridized carbons (Fsp3) is 0.333. The first-order valence-corrected chi connectivity index (χ1v) is 4.53. The molecule has 1 rings (SSSR count). The second kappa shape index (κ2) is 4.13. The molecule has 1 heterocycles. The third-order valence-corrected chi connectivity index (χ3v) is 2.34. The lowest BCUT2D eigenvalue weighted by molar-refractivity contribution is 0.498. The minimum absolute atomic E-state index is 0.900. The Morgan fingerprint density at radius 3 is 2.38 bits per heavy atom. The Bertz CT molecular complexity index is 318. The lowest BCUT2D eigenvalue weighted by Crippen LogP contribution is -1.83. The van der Waals surface area contributed by atoms with Gasteiger partial charge in [0.2, 0.25) is 0 Å². The summed E-state index contributed by atoms with van der Waals surface area (Å²) in [6, 6.07) is 0. The van der Waals surface area contributed by atoms with Crippen LogP contribution in [0, 0.1) is 13.8 Å². The fourth-order valence-electron chi connectivity index (χ4n) is 1.35. The largest absolute Gasteiger partial charge is 0.461 e. The number of hydrogen-bond acceptors (Lipinski definition) is 1. The van der Waals surface area contributed by atoms with Crippen molar-refractivity contribution in [2.45, 2.75) is 26.7 Å². The molecule has 70 valence electrons. The van der Waals surface area contributed by atoms with Crippen molar-refractivity contribution in [2.75, 3.05) is 0 Å². The SMILES string of the molecule is C=CCCc1oc(C=C)c(C)c1C. The molecule has 0 spiro atoms. The highest BCUT2D eigenvalue weighted by Gasteiger charge is 2.09. The van der Waals surface area contributed by atoms with Gasteiger partial charge in [-0.3, -0.25) is 0 Å². The smallest absolute Gasteiger partial charge is 0.129 e. The zero-order valence-corrected chi connectivity index (χ0v) is 8.39. The van der Waals surface area contributed by atoms with Crippen LogP contribution in [0.3, 0.4) is 0 Å². The quantitative estimate of drug-likeness (QED) is 0.638. The minimum atomic E-state index is 0.900. The number of furan rings is 1. The standard InChI is InChI=1S/C12H16O/c1-5-7-8-12-10(4)9(3)11(6-2)13-12/h5-6H,1-2,7-8H2,3-4H3. The molecule has 0 N–H and O–H groups in total. The molecule has 1 nitrogen and oxygen atoms in total. The van der Waals surface area contributed by atoms with E-state index in [4.69, 9.17) is 4.42 Å². The van der Waals surface area contributed by atoms with E-state index >= 15 is 0 Å². The highest BCUT2D eigenvalue weighted by Crippen LogP contribution is 2.23. The van der Waals surface area contributed by atoms with Crippen LogP contribution in [-0.2, 0) is 6.42 Å². The molecule has 0 unspecified atom stereocenters. The van der Waals surface area contributed by atoms with Crippen LogP contribution in [-0.4, -0.2) is 0 Å². The number of allylic oxidation sites excluding steroid dienone is 1. The first-order chi connectivity index (χ1) is 6.20. The summed E-state index contributed by atoms with van der Waals surface area (Å²) in [7, 11) is 0. The van der Waals surface area contributed by atoms with Crippen molar-refractivity contribution in [1.29, 1.82) is 0 Å². The van der Waals surface area contributed by atoms with E-state index in [1.54, 1.807) is 6.08 Å². The van der Waals surface area contributed by atoms with Crippen molar-refractivity contribution >= 4 is 6.08 Å². The predicted molar refractivity (Wildman–Crippen MR) is 56.8 cm³/mol. The summed E-state index contributed by atoms with van der Waals surface area (Å²) in [6.07, 6.45) is 5.57. The summed E-state index contributed by atoms with van der Waals surface area (Å²) in [5, 5.41) is 0. The van der Waals surface area contributed by atoms with Crippen LogP contribution in [0.25, 0.3) is 6.08 Å². The van der Waals surface area contributed by atoms with Gasteiger partial charge in [0.15, 0.2) is 0 Å². The van der Waals surface area contributed by atoms with E-state index in [0.29, 0.717) is 0 Å². The molecule has 0 aromatic carbocycles. The molecule has 0 saturated heterocycles. The molecule has 0 radical (unpaired) electrons. The first kappa shape index (κ1) is 9.85. The van der Waals surface area contributed by atoms with Crippen molar-refractivity contribution < 1.29 is 4.42 Å². The lowest BCUT2D eigenvalue weighted by atomic mass is 10.1. The van der Waals surface area contributed by atoms with Gasteiger partial charge < -0.3 is 4.42 Å². The Kier molecular flexibility index (Phi) is 3.13. The van der Waals surface area contributed by atoms with Gasteiger partial charge >= 0.3 is 0 Å². The maximum atomic E-state index is 5.63. The van der Waals surface area contributed by atoms with E-state index < -0.39 is 0 Å². The van der Waals surface area contributed by atoms with Crippen molar-refractivity contribution in [3.8, 4) is 0 Å². The van der Waals surface area contributed by atoms with E-state index in [1.807, 2.05) is 6.08 Å². The van der Waals surface area contributed by atoms with Gasteiger partial charge in [0, 0.05) is 6.42 Å². The number of hydrogen-bond donors (Lipinski definition) is 0. The van der Waals surface area contributed by atoms with Gasteiger partial charge in [-0.1, -0.05) is 12.7 Å². The van der Waals surface area contributed by atoms with E-state index in [1.165, 1.54) is 11.1 Å². The molecule has 0 amide bonds. The van der Waals surface area contributed by atoms with Crippen molar-refractivity contribution in [2.24, 2.45) is 0 Å². The van der Waals surface area contributed by atoms with Crippen LogP contribution in [0.2, 0.25) is 0 Å². The maximum absolute atomic E-state index is 5.63. The third-order valence-electron chi connectivity index (χ3n) is 2.34. The van der Waals surface area contributed by atoms with Gasteiger partial charge in [-0.25, -0.2) is 0 Å². The Balaban J connectivity index is 2.95. The molecule has 0 bridgehead atoms. The van der Waals surface area contributed by atoms with Crippen molar-refractivity contribution in [1.82, 2.24) is 0 Å². The summed E-state index contributed by atoms with van der Waals surface area (Å²) in [4.78, 5) is 0. The molecule has 0 aliphatic carbocycles.